The number of nitrogens with zero attached hydrogens (tertiary/aromatic N) is 3. The predicted molar refractivity (Wildman–Crippen MR) is 218 cm³/mol. The molecule has 14 nitrogen and oxygen atoms in total. The van der Waals surface area contributed by atoms with Gasteiger partial charge in [0.05, 0.1) is 22.1 Å². The fraction of sp³-hybridized carbons (Fsp3) is 0.450. The number of aromatic amines is 1. The van der Waals surface area contributed by atoms with Crippen molar-refractivity contribution in [2.75, 3.05) is 11.9 Å². The first-order chi connectivity index (χ1) is 26.9. The van der Waals surface area contributed by atoms with Crippen LogP contribution in [0, 0.1) is 0 Å². The van der Waals surface area contributed by atoms with Crippen LogP contribution in [0.5, 0.6) is 5.75 Å². The molecule has 1 heterocycles. The van der Waals surface area contributed by atoms with Crippen molar-refractivity contribution >= 4 is 43.3 Å². The van der Waals surface area contributed by atoms with Crippen molar-refractivity contribution in [2.45, 2.75) is 119 Å². The number of unbranched alkanes of at least 4 members (excludes halogenated alkanes) is 15. The second-order valence-corrected chi connectivity index (χ2v) is 16.6. The Labute approximate surface area is 389 Å². The molecular weight excluding hydrogens is 805 g/mol. The number of carbonyl (C=O) groups excluding carboxylic acids is 1. The number of rotatable bonds is 25. The molecule has 0 aliphatic rings. The summed E-state index contributed by atoms with van der Waals surface area (Å²) < 4.78 is 73.5. The Morgan fingerprint density at radius 3 is 1.71 bits per heavy atom. The Kier molecular flexibility index (Phi) is 23.6. The van der Waals surface area contributed by atoms with Crippen molar-refractivity contribution in [3.8, 4) is 11.4 Å². The number of anilines is 1. The van der Waals surface area contributed by atoms with Crippen molar-refractivity contribution in [1.29, 1.82) is 0 Å². The van der Waals surface area contributed by atoms with Crippen LogP contribution in [0.25, 0.3) is 5.69 Å². The van der Waals surface area contributed by atoms with E-state index in [4.69, 9.17) is 4.74 Å². The molecule has 0 aliphatic heterocycles. The van der Waals surface area contributed by atoms with Gasteiger partial charge in [-0.3, -0.25) is 23.8 Å². The molecule has 308 valence electrons. The Morgan fingerprint density at radius 2 is 1.19 bits per heavy atom. The molecule has 0 saturated carbocycles. The molecule has 4 N–H and O–H groups in total. The first kappa shape index (κ1) is 51.5. The average molecular weight is 860 g/mol. The maximum atomic E-state index is 13.6. The molecule has 0 bridgehead atoms. The zero-order valence-corrected chi connectivity index (χ0v) is 39.5. The van der Waals surface area contributed by atoms with Crippen molar-refractivity contribution in [3.63, 3.8) is 0 Å². The Balaban J connectivity index is 0.00000870. The van der Waals surface area contributed by atoms with Gasteiger partial charge in [0, 0.05) is 5.56 Å². The minimum atomic E-state index is -4.99. The van der Waals surface area contributed by atoms with Crippen molar-refractivity contribution < 1.29 is 97.4 Å². The fourth-order valence-electron chi connectivity index (χ4n) is 6.15. The van der Waals surface area contributed by atoms with E-state index in [1.807, 2.05) is 0 Å². The molecule has 1 amide bonds. The maximum absolute atomic E-state index is 13.6. The Morgan fingerprint density at radius 1 is 0.707 bits per heavy atom. The van der Waals surface area contributed by atoms with Crippen molar-refractivity contribution in [1.82, 2.24) is 9.78 Å². The van der Waals surface area contributed by atoms with E-state index in [1.165, 1.54) is 83.5 Å². The van der Waals surface area contributed by atoms with Crippen LogP contribution in [0.2, 0.25) is 0 Å². The van der Waals surface area contributed by atoms with Crippen molar-refractivity contribution in [3.05, 3.63) is 88.7 Å². The molecule has 1 aromatic heterocycles. The van der Waals surface area contributed by atoms with Gasteiger partial charge in [0.2, 0.25) is 0 Å². The van der Waals surface area contributed by atoms with Gasteiger partial charge in [-0.25, -0.2) is 4.68 Å². The van der Waals surface area contributed by atoms with E-state index in [0.717, 1.165) is 23.9 Å². The smallest absolute Gasteiger partial charge is 1.00 e. The summed E-state index contributed by atoms with van der Waals surface area (Å²) in [5.41, 5.74) is -0.898. The minimum absolute atomic E-state index is 0. The summed E-state index contributed by atoms with van der Waals surface area (Å²) in [5.74, 6) is -0.910. The monoisotopic (exact) mass is 859 g/mol. The number of H-pyrrole nitrogens is 1. The summed E-state index contributed by atoms with van der Waals surface area (Å²) in [7, 11) is -9.98. The quantitative estimate of drug-likeness (QED) is 0.0325. The molecule has 0 unspecified atom stereocenters. The second kappa shape index (κ2) is 26.5. The summed E-state index contributed by atoms with van der Waals surface area (Å²) in [4.78, 5) is 25.1. The van der Waals surface area contributed by atoms with Gasteiger partial charge in [-0.05, 0) is 48.9 Å². The van der Waals surface area contributed by atoms with E-state index < -0.39 is 47.1 Å². The number of ether oxygens (including phenoxy) is 1. The van der Waals surface area contributed by atoms with Gasteiger partial charge in [-0.15, -0.1) is 10.2 Å². The van der Waals surface area contributed by atoms with E-state index in [9.17, 15) is 35.5 Å². The molecule has 18 heteroatoms. The number of amides is 1. The predicted octanol–water partition coefficient (Wildman–Crippen LogP) is 4.20. The second-order valence-electron chi connectivity index (χ2n) is 13.7. The standard InChI is InChI=1S/C40H53N5O9S2.2Na.2H/c1-2-3-4-5-6-7-8-9-10-11-12-13-14-15-16-22-27-54-36-26-21-20-25-35(36)42-43-37-38(44-45(40(37)47)32-23-18-17-19-24-32)41-39(46)31-28-33(55(48,49)50)30-34(29-31)56(51,52)53;;;;/h17-21,23-26,28-30,44H,2-16,22,27H2,1H3,(H,41,46)(H,48,49,50)(H,51,52,53);;;;/q;2*+1;2*-1. The third kappa shape index (κ3) is 17.1. The van der Waals surface area contributed by atoms with Crippen molar-refractivity contribution in [2.24, 2.45) is 10.2 Å². The molecule has 58 heavy (non-hydrogen) atoms. The van der Waals surface area contributed by atoms with Gasteiger partial charge in [0.15, 0.2) is 11.5 Å². The fourth-order valence-corrected chi connectivity index (χ4v) is 7.33. The van der Waals surface area contributed by atoms with E-state index in [2.05, 4.69) is 27.6 Å². The number of benzene rings is 3. The Bertz CT molecular complexity index is 2140. The molecule has 0 atom stereocenters. The number of nitrogens with one attached hydrogen (secondary N) is 2. The van der Waals surface area contributed by atoms with Crippen LogP contribution in [-0.2, 0) is 20.2 Å². The molecule has 0 radical (unpaired) electrons. The minimum Gasteiger partial charge on any atom is -1.00 e. The van der Waals surface area contributed by atoms with Crippen LogP contribution >= 0.6 is 0 Å². The number of para-hydroxylation sites is 2. The van der Waals surface area contributed by atoms with Gasteiger partial charge in [0.1, 0.15) is 11.4 Å². The molecule has 4 aromatic rings. The third-order valence-corrected chi connectivity index (χ3v) is 10.9. The topological polar surface area (TPSA) is 210 Å². The molecule has 0 fully saturated rings. The summed E-state index contributed by atoms with van der Waals surface area (Å²) in [5, 5.41) is 13.6. The average Bonchev–Trinajstić information content (AvgIpc) is 3.48. The van der Waals surface area contributed by atoms with E-state index in [-0.39, 0.29) is 73.5 Å². The Hall–Kier alpha value is -2.64. The molecule has 3 aromatic carbocycles. The van der Waals surface area contributed by atoms with Gasteiger partial charge in [-0.2, -0.15) is 16.8 Å². The number of hydrogen-bond acceptors (Lipinski definition) is 9. The summed E-state index contributed by atoms with van der Waals surface area (Å²) in [6.45, 7) is 2.72. The number of hydrogen-bond donors (Lipinski definition) is 4. The summed E-state index contributed by atoms with van der Waals surface area (Å²) in [6.07, 6.45) is 20.3. The van der Waals surface area contributed by atoms with E-state index in [1.54, 1.807) is 54.6 Å². The number of aromatic nitrogens is 2. The zero-order valence-electron chi connectivity index (χ0n) is 35.9. The van der Waals surface area contributed by atoms with E-state index >= 15 is 0 Å². The van der Waals surface area contributed by atoms with Crippen LogP contribution in [0.3, 0.4) is 0 Å². The molecule has 4 rings (SSSR count). The van der Waals surface area contributed by atoms with Crippen LogP contribution in [0.4, 0.5) is 17.2 Å². The van der Waals surface area contributed by atoms with Gasteiger partial charge in [0.25, 0.3) is 26.1 Å². The SMILES string of the molecule is CCCCCCCCCCCCCCCCCCOc1ccccc1N=Nc1c(NC(=O)c2cc(S(=O)(=O)O)cc(S(=O)(=O)O)c2)[nH]n(-c2ccccc2)c1=O.[H-].[H-].[Na+].[Na+]. The largest absolute Gasteiger partial charge is 1.00 e. The normalized spacial score (nSPS) is 11.6. The van der Waals surface area contributed by atoms with Crippen LogP contribution in [-0.4, -0.2) is 48.2 Å². The molecule has 0 spiro atoms. The third-order valence-electron chi connectivity index (χ3n) is 9.24. The summed E-state index contributed by atoms with van der Waals surface area (Å²) in [6, 6.07) is 17.2. The van der Waals surface area contributed by atoms with Gasteiger partial charge < -0.3 is 12.9 Å². The zero-order chi connectivity index (χ0) is 40.4. The first-order valence-corrected chi connectivity index (χ1v) is 22.2. The first-order valence-electron chi connectivity index (χ1n) is 19.3. The number of carbonyl (C=O) groups is 1. The molecule has 0 aliphatic carbocycles. The molecule has 0 saturated heterocycles. The van der Waals surface area contributed by atoms with Gasteiger partial charge >= 0.3 is 64.7 Å². The van der Waals surface area contributed by atoms with Gasteiger partial charge in [-0.1, -0.05) is 134 Å². The number of azo groups is 1. The van der Waals surface area contributed by atoms with E-state index in [0.29, 0.717) is 41.9 Å². The van der Waals surface area contributed by atoms with Crippen LogP contribution in [0.15, 0.2) is 97.6 Å². The van der Waals surface area contributed by atoms with Crippen LogP contribution < -0.4 is 74.7 Å². The molecular formula is C40H55N5Na2O9S2. The summed E-state index contributed by atoms with van der Waals surface area (Å²) >= 11 is 0. The van der Waals surface area contributed by atoms with Crippen LogP contribution in [0.1, 0.15) is 123 Å². The maximum Gasteiger partial charge on any atom is 1.00 e.